The minimum atomic E-state index is -2.44. The van der Waals surface area contributed by atoms with Crippen molar-refractivity contribution >= 4 is 35.6 Å². The Labute approximate surface area is 362 Å². The fourth-order valence-corrected chi connectivity index (χ4v) is 10.2. The molecule has 4 aliphatic rings. The molecule has 4 N–H and O–H groups in total. The van der Waals surface area contributed by atoms with Crippen LogP contribution in [0, 0.1) is 22.6 Å². The number of aliphatic hydroxyl groups excluding tert-OH is 2. The summed E-state index contributed by atoms with van der Waals surface area (Å²) in [5, 5.41) is 40.1. The van der Waals surface area contributed by atoms with Crippen LogP contribution in [-0.2, 0) is 42.9 Å². The minimum Gasteiger partial charge on any atom is -0.456 e. The zero-order valence-electron chi connectivity index (χ0n) is 35.5. The van der Waals surface area contributed by atoms with E-state index in [0.717, 1.165) is 26.0 Å². The summed E-state index contributed by atoms with van der Waals surface area (Å²) in [6.07, 6.45) is -10.9. The van der Waals surface area contributed by atoms with Crippen LogP contribution in [0.15, 0.2) is 96.1 Å². The van der Waals surface area contributed by atoms with Gasteiger partial charge in [0, 0.05) is 37.7 Å². The third-order valence-corrected chi connectivity index (χ3v) is 13.6. The van der Waals surface area contributed by atoms with Crippen molar-refractivity contribution in [3.8, 4) is 0 Å². The molecule has 63 heavy (non-hydrogen) atoms. The molecule has 2 unspecified atom stereocenters. The van der Waals surface area contributed by atoms with E-state index in [1.807, 2.05) is 0 Å². The van der Waals surface area contributed by atoms with E-state index in [1.165, 1.54) is 64.1 Å². The lowest BCUT2D eigenvalue weighted by Crippen LogP contribution is -2.82. The SMILES string of the molecule is CC(=O)O[C@H]1C(=O)[C@@]2(C)C([C@H](OC(=O)c3ccccc3)[C@]3(O)C[C@H](OC(=O)[C@H](O)[C@@H](NC(=O)c4ccccc4)c4ccc(F)cc4)C(C)=C1C3(C)C)[C@]1(OC(C)=O)COC1C[C@@H]2O. The first-order valence-electron chi connectivity index (χ1n) is 20.6. The summed E-state index contributed by atoms with van der Waals surface area (Å²) in [5.74, 6) is -7.79. The van der Waals surface area contributed by atoms with Gasteiger partial charge in [0.25, 0.3) is 5.91 Å². The Hall–Kier alpha value is -5.81. The normalized spacial score (nSPS) is 31.6. The molecule has 1 aliphatic heterocycles. The summed E-state index contributed by atoms with van der Waals surface area (Å²) in [6.45, 7) is 7.79. The monoisotopic (exact) mass is 871 g/mol. The second-order valence-electron chi connectivity index (χ2n) is 17.5. The lowest BCUT2D eigenvalue weighted by atomic mass is 9.44. The van der Waals surface area contributed by atoms with Gasteiger partial charge in [0.05, 0.1) is 35.6 Å². The molecule has 2 bridgehead atoms. The molecule has 1 saturated heterocycles. The first kappa shape index (κ1) is 45.2. The third kappa shape index (κ3) is 7.62. The van der Waals surface area contributed by atoms with Gasteiger partial charge in [-0.25, -0.2) is 14.0 Å². The van der Waals surface area contributed by atoms with Crippen LogP contribution in [0.2, 0.25) is 0 Å². The van der Waals surface area contributed by atoms with Crippen LogP contribution >= 0.6 is 0 Å². The molecule has 1 heterocycles. The summed E-state index contributed by atoms with van der Waals surface area (Å²) in [6, 6.07) is 18.9. The molecule has 0 spiro atoms. The number of hydrogen-bond donors (Lipinski definition) is 4. The Balaban J connectivity index is 1.39. The standard InChI is InChI=1S/C47H50FNO14/c1-24-31(61-43(57)36(53)35(27-17-19-30(48)20-18-27)49-41(55)28-13-9-7-10-14-28)22-47(58)40(62-42(56)29-15-11-8-12-16-29)38-45(6,32(52)21-33-46(38,23-59-33)63-26(3)51)39(54)37(60-25(2)50)34(24)44(47,4)5/h7-20,31-33,35-38,40,52-53,58H,21-23H2,1-6H3,(H,49,55)/t31-,32-,33?,35-,36+,37+,38?,40-,45+,46-,47+/m0/s1. The summed E-state index contributed by atoms with van der Waals surface area (Å²) in [5.41, 5.74) is -7.58. The number of hydrogen-bond acceptors (Lipinski definition) is 14. The number of Topliss-reactive ketones (excluding diaryl/α,β-unsaturated/α-hetero) is 1. The van der Waals surface area contributed by atoms with Gasteiger partial charge in [0.1, 0.15) is 29.7 Å². The zero-order chi connectivity index (χ0) is 45.8. The van der Waals surface area contributed by atoms with Gasteiger partial charge in [-0.15, -0.1) is 0 Å². The van der Waals surface area contributed by atoms with E-state index >= 15 is 4.79 Å². The fraction of sp³-hybridized carbons (Fsp3) is 0.447. The van der Waals surface area contributed by atoms with Crippen LogP contribution in [0.25, 0.3) is 0 Å². The highest BCUT2D eigenvalue weighted by Gasteiger charge is 2.78. The van der Waals surface area contributed by atoms with Crippen LogP contribution in [0.5, 0.6) is 0 Å². The third-order valence-electron chi connectivity index (χ3n) is 13.6. The maximum Gasteiger partial charge on any atom is 0.338 e. The molecule has 3 aliphatic carbocycles. The number of ketones is 1. The predicted molar refractivity (Wildman–Crippen MR) is 218 cm³/mol. The second-order valence-corrected chi connectivity index (χ2v) is 17.5. The van der Waals surface area contributed by atoms with Gasteiger partial charge in [0.15, 0.2) is 23.6 Å². The van der Waals surface area contributed by atoms with Gasteiger partial charge in [-0.1, -0.05) is 62.4 Å². The second kappa shape index (κ2) is 16.7. The highest BCUT2D eigenvalue weighted by molar-refractivity contribution is 5.96. The van der Waals surface area contributed by atoms with Crippen molar-refractivity contribution in [3.05, 3.63) is 119 Å². The number of amides is 1. The molecule has 15 nitrogen and oxygen atoms in total. The fourth-order valence-electron chi connectivity index (χ4n) is 10.2. The number of halogens is 1. The molecule has 11 atom stereocenters. The number of nitrogens with one attached hydrogen (secondary N) is 1. The lowest BCUT2D eigenvalue weighted by Gasteiger charge is -2.67. The number of benzene rings is 3. The van der Waals surface area contributed by atoms with Gasteiger partial charge in [-0.2, -0.15) is 0 Å². The number of esters is 4. The number of rotatable bonds is 10. The first-order valence-corrected chi connectivity index (χ1v) is 20.6. The topological polar surface area (TPSA) is 221 Å². The predicted octanol–water partition coefficient (Wildman–Crippen LogP) is 3.87. The van der Waals surface area contributed by atoms with Crippen molar-refractivity contribution in [1.82, 2.24) is 5.32 Å². The Morgan fingerprint density at radius 3 is 2.02 bits per heavy atom. The van der Waals surface area contributed by atoms with Crippen molar-refractivity contribution in [3.63, 3.8) is 0 Å². The van der Waals surface area contributed by atoms with E-state index in [0.29, 0.717) is 0 Å². The molecular weight excluding hydrogens is 822 g/mol. The van der Waals surface area contributed by atoms with E-state index < -0.39 is 118 Å². The maximum absolute atomic E-state index is 15.5. The zero-order valence-corrected chi connectivity index (χ0v) is 35.5. The smallest absolute Gasteiger partial charge is 0.338 e. The van der Waals surface area contributed by atoms with Crippen molar-refractivity contribution in [2.24, 2.45) is 16.7 Å². The molecule has 3 aromatic rings. The van der Waals surface area contributed by atoms with E-state index in [-0.39, 0.29) is 40.9 Å². The molecule has 16 heteroatoms. The average molecular weight is 872 g/mol. The van der Waals surface area contributed by atoms with E-state index in [9.17, 15) is 43.7 Å². The van der Waals surface area contributed by atoms with Crippen molar-refractivity contribution in [2.75, 3.05) is 6.61 Å². The van der Waals surface area contributed by atoms with Crippen molar-refractivity contribution in [2.45, 2.75) is 108 Å². The van der Waals surface area contributed by atoms with Gasteiger partial charge in [-0.3, -0.25) is 19.2 Å². The minimum absolute atomic E-state index is 0.0441. The van der Waals surface area contributed by atoms with Gasteiger partial charge in [-0.05, 0) is 67.0 Å². The van der Waals surface area contributed by atoms with Crippen LogP contribution in [0.1, 0.15) is 86.7 Å². The molecule has 3 fully saturated rings. The Morgan fingerprint density at radius 2 is 1.46 bits per heavy atom. The van der Waals surface area contributed by atoms with Crippen LogP contribution < -0.4 is 5.32 Å². The van der Waals surface area contributed by atoms with Crippen molar-refractivity contribution in [1.29, 1.82) is 0 Å². The van der Waals surface area contributed by atoms with E-state index in [1.54, 1.807) is 36.4 Å². The number of aliphatic hydroxyl groups is 3. The summed E-state index contributed by atoms with van der Waals surface area (Å²) >= 11 is 0. The van der Waals surface area contributed by atoms with Gasteiger partial charge in [0.2, 0.25) is 0 Å². The largest absolute Gasteiger partial charge is 0.456 e. The summed E-state index contributed by atoms with van der Waals surface area (Å²) in [7, 11) is 0. The van der Waals surface area contributed by atoms with Crippen LogP contribution in [-0.4, -0.2) is 105 Å². The van der Waals surface area contributed by atoms with Crippen LogP contribution in [0.3, 0.4) is 0 Å². The highest BCUT2D eigenvalue weighted by atomic mass is 19.1. The molecule has 0 aromatic heterocycles. The number of carbonyl (C=O) groups excluding carboxylic acids is 6. The van der Waals surface area contributed by atoms with Crippen molar-refractivity contribution < 1.29 is 72.2 Å². The van der Waals surface area contributed by atoms with E-state index in [2.05, 4.69) is 5.32 Å². The summed E-state index contributed by atoms with van der Waals surface area (Å²) in [4.78, 5) is 83.4. The first-order chi connectivity index (χ1) is 29.7. The van der Waals surface area contributed by atoms with Crippen LogP contribution in [0.4, 0.5) is 4.39 Å². The molecule has 3 aromatic carbocycles. The molecule has 2 saturated carbocycles. The maximum atomic E-state index is 15.5. The molecule has 7 rings (SSSR count). The molecule has 0 radical (unpaired) electrons. The lowest BCUT2D eigenvalue weighted by molar-refractivity contribution is -0.346. The Kier molecular flexibility index (Phi) is 12.0. The Bertz CT molecular complexity index is 2340. The molecule has 1 amide bonds. The molecular formula is C47H50FNO14. The highest BCUT2D eigenvalue weighted by Crippen LogP contribution is 2.64. The quantitative estimate of drug-likeness (QED) is 0.129. The van der Waals surface area contributed by atoms with Gasteiger partial charge >= 0.3 is 23.9 Å². The average Bonchev–Trinajstić information content (AvgIpc) is 3.24. The van der Waals surface area contributed by atoms with Gasteiger partial charge < -0.3 is 44.3 Å². The molecule has 334 valence electrons. The van der Waals surface area contributed by atoms with E-state index in [4.69, 9.17) is 23.7 Å². The number of fused-ring (bicyclic) bond motifs is 5. The number of carbonyl (C=O) groups is 6. The number of ether oxygens (including phenoxy) is 5. The Morgan fingerprint density at radius 1 is 0.857 bits per heavy atom. The summed E-state index contributed by atoms with van der Waals surface area (Å²) < 4.78 is 44.2.